The first-order chi connectivity index (χ1) is 14.9. The van der Waals surface area contributed by atoms with Crippen molar-refractivity contribution in [3.63, 3.8) is 0 Å². The van der Waals surface area contributed by atoms with Crippen LogP contribution in [0.2, 0.25) is 0 Å². The number of hydrogen-bond acceptors (Lipinski definition) is 7. The van der Waals surface area contributed by atoms with E-state index in [0.29, 0.717) is 40.6 Å². The first kappa shape index (κ1) is 20.7. The third kappa shape index (κ3) is 3.79. The predicted octanol–water partition coefficient (Wildman–Crippen LogP) is 2.95. The fraction of sp³-hybridized carbons (Fsp3) is 0.318. The Balaban J connectivity index is 1.76. The molecule has 0 radical (unpaired) electrons. The standard InChI is InChI=1S/C22H25N5O4/c1-5-15-9-20(25-27(15)11-13(2)28)26-12-18-16(22(26)29)6-7-17(24-18)14-8-19(30-3)21(31-4)23-10-14/h6-10,12-13,28-29H,5,11H2,1-4H3. The maximum Gasteiger partial charge on any atom is 0.256 e. The van der Waals surface area contributed by atoms with Gasteiger partial charge in [0.25, 0.3) is 5.88 Å². The van der Waals surface area contributed by atoms with Gasteiger partial charge in [0.1, 0.15) is 0 Å². The molecule has 0 saturated heterocycles. The highest BCUT2D eigenvalue weighted by atomic mass is 16.5. The number of aliphatic hydroxyl groups is 1. The summed E-state index contributed by atoms with van der Waals surface area (Å²) in [5.74, 6) is 1.54. The summed E-state index contributed by atoms with van der Waals surface area (Å²) in [4.78, 5) is 8.95. The molecule has 1 unspecified atom stereocenters. The summed E-state index contributed by atoms with van der Waals surface area (Å²) < 4.78 is 13.9. The van der Waals surface area contributed by atoms with E-state index in [2.05, 4.69) is 15.1 Å². The van der Waals surface area contributed by atoms with E-state index in [9.17, 15) is 10.2 Å². The van der Waals surface area contributed by atoms with Gasteiger partial charge in [-0.1, -0.05) is 6.92 Å². The van der Waals surface area contributed by atoms with E-state index >= 15 is 0 Å². The van der Waals surface area contributed by atoms with Crippen LogP contribution in [0.25, 0.3) is 28.0 Å². The topological polar surface area (TPSA) is 107 Å². The lowest BCUT2D eigenvalue weighted by Gasteiger charge is -2.08. The van der Waals surface area contributed by atoms with Crippen molar-refractivity contribution in [2.75, 3.05) is 14.2 Å². The minimum absolute atomic E-state index is 0.0591. The molecule has 162 valence electrons. The molecule has 0 spiro atoms. The number of rotatable bonds is 7. The lowest BCUT2D eigenvalue weighted by atomic mass is 10.1. The van der Waals surface area contributed by atoms with Crippen molar-refractivity contribution >= 4 is 10.9 Å². The third-order valence-electron chi connectivity index (χ3n) is 5.07. The second-order valence-corrected chi connectivity index (χ2v) is 7.27. The average Bonchev–Trinajstić information content (AvgIpc) is 3.32. The highest BCUT2D eigenvalue weighted by Crippen LogP contribution is 2.33. The number of aromatic nitrogens is 5. The van der Waals surface area contributed by atoms with Crippen molar-refractivity contribution in [2.24, 2.45) is 0 Å². The molecule has 4 rings (SSSR count). The van der Waals surface area contributed by atoms with E-state index in [4.69, 9.17) is 9.47 Å². The average molecular weight is 423 g/mol. The van der Waals surface area contributed by atoms with Crippen molar-refractivity contribution in [3.8, 4) is 34.6 Å². The van der Waals surface area contributed by atoms with Gasteiger partial charge in [-0.25, -0.2) is 9.97 Å². The Bertz CT molecular complexity index is 1230. The summed E-state index contributed by atoms with van der Waals surface area (Å²) >= 11 is 0. The molecular weight excluding hydrogens is 398 g/mol. The molecule has 0 saturated carbocycles. The Morgan fingerprint density at radius 3 is 2.65 bits per heavy atom. The molecule has 0 aliphatic heterocycles. The lowest BCUT2D eigenvalue weighted by molar-refractivity contribution is 0.167. The van der Waals surface area contributed by atoms with Crippen LogP contribution in [0, 0.1) is 0 Å². The second kappa shape index (κ2) is 8.27. The van der Waals surface area contributed by atoms with Gasteiger partial charge in [-0.3, -0.25) is 9.25 Å². The van der Waals surface area contributed by atoms with Gasteiger partial charge < -0.3 is 19.7 Å². The van der Waals surface area contributed by atoms with E-state index in [1.165, 1.54) is 7.11 Å². The van der Waals surface area contributed by atoms with Crippen LogP contribution in [0.3, 0.4) is 0 Å². The zero-order valence-corrected chi connectivity index (χ0v) is 17.9. The summed E-state index contributed by atoms with van der Waals surface area (Å²) in [6.07, 6.45) is 3.65. The van der Waals surface area contributed by atoms with Crippen LogP contribution in [0.5, 0.6) is 17.5 Å². The van der Waals surface area contributed by atoms with Gasteiger partial charge in [-0.2, -0.15) is 5.10 Å². The van der Waals surface area contributed by atoms with Crippen LogP contribution >= 0.6 is 0 Å². The minimum atomic E-state index is -0.519. The van der Waals surface area contributed by atoms with Gasteiger partial charge in [0.2, 0.25) is 5.88 Å². The number of aliphatic hydroxyl groups excluding tert-OH is 1. The largest absolute Gasteiger partial charge is 0.494 e. The highest BCUT2D eigenvalue weighted by Gasteiger charge is 2.17. The van der Waals surface area contributed by atoms with Crippen LogP contribution in [0.1, 0.15) is 19.5 Å². The number of nitrogens with zero attached hydrogens (tertiary/aromatic N) is 5. The Hall–Kier alpha value is -3.59. The maximum atomic E-state index is 10.8. The normalized spacial score (nSPS) is 12.3. The molecule has 0 aliphatic carbocycles. The summed E-state index contributed by atoms with van der Waals surface area (Å²) in [6, 6.07) is 7.34. The molecule has 9 nitrogen and oxygen atoms in total. The SMILES string of the molecule is CCc1cc(-n2cc3nc(-c4cnc(OC)c(OC)c4)ccc3c2O)nn1CC(C)O. The van der Waals surface area contributed by atoms with Crippen molar-refractivity contribution < 1.29 is 19.7 Å². The molecule has 4 aromatic heterocycles. The molecule has 0 amide bonds. The van der Waals surface area contributed by atoms with Crippen molar-refractivity contribution in [1.82, 2.24) is 24.3 Å². The molecule has 4 aromatic rings. The van der Waals surface area contributed by atoms with Crippen LogP contribution in [-0.4, -0.2) is 54.9 Å². The Morgan fingerprint density at radius 2 is 1.97 bits per heavy atom. The second-order valence-electron chi connectivity index (χ2n) is 7.27. The van der Waals surface area contributed by atoms with Gasteiger partial charge in [0.05, 0.1) is 43.5 Å². The van der Waals surface area contributed by atoms with Crippen molar-refractivity contribution in [2.45, 2.75) is 32.9 Å². The molecular formula is C22H25N5O4. The monoisotopic (exact) mass is 423 g/mol. The van der Waals surface area contributed by atoms with E-state index in [1.54, 1.807) is 35.7 Å². The fourth-order valence-electron chi connectivity index (χ4n) is 3.53. The van der Waals surface area contributed by atoms with Gasteiger partial charge in [-0.15, -0.1) is 0 Å². The molecule has 0 aromatic carbocycles. The zero-order valence-electron chi connectivity index (χ0n) is 17.9. The predicted molar refractivity (Wildman–Crippen MR) is 116 cm³/mol. The number of fused-ring (bicyclic) bond motifs is 1. The molecule has 0 aliphatic rings. The molecule has 0 fully saturated rings. The number of methoxy groups -OCH3 is 2. The van der Waals surface area contributed by atoms with Crippen LogP contribution < -0.4 is 9.47 Å². The van der Waals surface area contributed by atoms with Gasteiger partial charge in [0, 0.05) is 29.7 Å². The molecule has 0 bridgehead atoms. The summed E-state index contributed by atoms with van der Waals surface area (Å²) in [5, 5.41) is 25.7. The van der Waals surface area contributed by atoms with Crippen LogP contribution in [0.4, 0.5) is 0 Å². The first-order valence-corrected chi connectivity index (χ1v) is 9.99. The number of pyridine rings is 2. The van der Waals surface area contributed by atoms with Gasteiger partial charge in [-0.05, 0) is 31.5 Å². The molecule has 1 atom stereocenters. The molecule has 9 heteroatoms. The number of aryl methyl sites for hydroxylation is 1. The Labute approximate surface area is 179 Å². The fourth-order valence-corrected chi connectivity index (χ4v) is 3.53. The summed E-state index contributed by atoms with van der Waals surface area (Å²) in [6.45, 7) is 4.13. The third-order valence-corrected chi connectivity index (χ3v) is 5.07. The molecule has 2 N–H and O–H groups in total. The van der Waals surface area contributed by atoms with Gasteiger partial charge in [0.15, 0.2) is 11.6 Å². The number of ether oxygens (including phenoxy) is 2. The van der Waals surface area contributed by atoms with Crippen molar-refractivity contribution in [3.05, 3.63) is 42.4 Å². The van der Waals surface area contributed by atoms with E-state index in [1.807, 2.05) is 31.2 Å². The number of aromatic hydroxyl groups is 1. The minimum Gasteiger partial charge on any atom is -0.494 e. The Kier molecular flexibility index (Phi) is 5.51. The smallest absolute Gasteiger partial charge is 0.256 e. The maximum absolute atomic E-state index is 10.8. The lowest BCUT2D eigenvalue weighted by Crippen LogP contribution is -2.15. The van der Waals surface area contributed by atoms with Gasteiger partial charge >= 0.3 is 0 Å². The Morgan fingerprint density at radius 1 is 1.16 bits per heavy atom. The molecule has 4 heterocycles. The first-order valence-electron chi connectivity index (χ1n) is 9.99. The van der Waals surface area contributed by atoms with Crippen LogP contribution in [0.15, 0.2) is 36.7 Å². The summed E-state index contributed by atoms with van der Waals surface area (Å²) in [5.41, 5.74) is 3.04. The quantitative estimate of drug-likeness (QED) is 0.470. The number of hydrogen-bond donors (Lipinski definition) is 2. The highest BCUT2D eigenvalue weighted by molar-refractivity contribution is 5.87. The van der Waals surface area contributed by atoms with E-state index in [-0.39, 0.29) is 5.88 Å². The zero-order chi connectivity index (χ0) is 22.1. The van der Waals surface area contributed by atoms with E-state index in [0.717, 1.165) is 17.7 Å². The van der Waals surface area contributed by atoms with E-state index < -0.39 is 6.10 Å². The van der Waals surface area contributed by atoms with Crippen LogP contribution in [-0.2, 0) is 13.0 Å². The van der Waals surface area contributed by atoms with Crippen molar-refractivity contribution in [1.29, 1.82) is 0 Å². The molecule has 31 heavy (non-hydrogen) atoms. The summed E-state index contributed by atoms with van der Waals surface area (Å²) in [7, 11) is 3.09.